The Hall–Kier alpha value is -1.72. The van der Waals surface area contributed by atoms with Crippen molar-refractivity contribution < 1.29 is 9.84 Å². The van der Waals surface area contributed by atoms with Gasteiger partial charge in [-0.15, -0.1) is 0 Å². The maximum atomic E-state index is 8.77. The van der Waals surface area contributed by atoms with Gasteiger partial charge >= 0.3 is 0 Å². The SMILES string of the molecule is OCCOCCN1CCN(C(c2ccccc2)c2ccccc2)CC1. The largest absolute Gasteiger partial charge is 0.394 e. The Morgan fingerprint density at radius 3 is 1.88 bits per heavy atom. The fourth-order valence-corrected chi connectivity index (χ4v) is 3.49. The van der Waals surface area contributed by atoms with Crippen LogP contribution in [0.5, 0.6) is 0 Å². The molecule has 4 heteroatoms. The maximum Gasteiger partial charge on any atom is 0.0698 e. The van der Waals surface area contributed by atoms with Gasteiger partial charge in [0.25, 0.3) is 0 Å². The van der Waals surface area contributed by atoms with Crippen LogP contribution in [0.2, 0.25) is 0 Å². The maximum absolute atomic E-state index is 8.77. The minimum atomic E-state index is 0.101. The molecule has 3 rings (SSSR count). The lowest BCUT2D eigenvalue weighted by Gasteiger charge is -2.39. The van der Waals surface area contributed by atoms with E-state index in [2.05, 4.69) is 70.5 Å². The van der Waals surface area contributed by atoms with Crippen molar-refractivity contribution in [3.05, 3.63) is 71.8 Å². The van der Waals surface area contributed by atoms with E-state index in [4.69, 9.17) is 9.84 Å². The summed E-state index contributed by atoms with van der Waals surface area (Å²) in [6.45, 7) is 6.38. The van der Waals surface area contributed by atoms with Gasteiger partial charge in [0.1, 0.15) is 0 Å². The van der Waals surface area contributed by atoms with Crippen molar-refractivity contribution in [3.8, 4) is 0 Å². The molecule has 1 saturated heterocycles. The van der Waals surface area contributed by atoms with Gasteiger partial charge in [-0.2, -0.15) is 0 Å². The summed E-state index contributed by atoms with van der Waals surface area (Å²) in [6, 6.07) is 21.9. The van der Waals surface area contributed by atoms with Crippen LogP contribution < -0.4 is 0 Å². The average molecular weight is 340 g/mol. The molecule has 0 bridgehead atoms. The molecule has 0 aromatic heterocycles. The van der Waals surface area contributed by atoms with E-state index in [1.807, 2.05) is 0 Å². The molecule has 4 nitrogen and oxygen atoms in total. The van der Waals surface area contributed by atoms with E-state index in [-0.39, 0.29) is 6.61 Å². The first-order chi connectivity index (χ1) is 12.4. The number of benzene rings is 2. The van der Waals surface area contributed by atoms with E-state index in [9.17, 15) is 0 Å². The van der Waals surface area contributed by atoms with E-state index < -0.39 is 0 Å². The molecule has 2 aromatic rings. The number of aliphatic hydroxyl groups excluding tert-OH is 1. The molecule has 0 amide bonds. The highest BCUT2D eigenvalue weighted by Crippen LogP contribution is 2.29. The molecular weight excluding hydrogens is 312 g/mol. The molecule has 0 unspecified atom stereocenters. The van der Waals surface area contributed by atoms with Gasteiger partial charge in [-0.05, 0) is 11.1 Å². The van der Waals surface area contributed by atoms with Gasteiger partial charge in [-0.3, -0.25) is 9.80 Å². The average Bonchev–Trinajstić information content (AvgIpc) is 2.68. The minimum Gasteiger partial charge on any atom is -0.394 e. The number of nitrogens with zero attached hydrogens (tertiary/aromatic N) is 2. The Morgan fingerprint density at radius 2 is 1.36 bits per heavy atom. The number of hydrogen-bond acceptors (Lipinski definition) is 4. The third-order valence-electron chi connectivity index (χ3n) is 4.79. The Bertz CT molecular complexity index is 558. The third-order valence-corrected chi connectivity index (χ3v) is 4.79. The van der Waals surface area contributed by atoms with Gasteiger partial charge in [-0.25, -0.2) is 0 Å². The predicted molar refractivity (Wildman–Crippen MR) is 101 cm³/mol. The highest BCUT2D eigenvalue weighted by atomic mass is 16.5. The molecule has 25 heavy (non-hydrogen) atoms. The van der Waals surface area contributed by atoms with E-state index >= 15 is 0 Å². The molecule has 0 radical (unpaired) electrons. The second kappa shape index (κ2) is 9.68. The van der Waals surface area contributed by atoms with Gasteiger partial charge in [0, 0.05) is 32.7 Å². The van der Waals surface area contributed by atoms with Gasteiger partial charge in [0.05, 0.1) is 25.9 Å². The van der Waals surface area contributed by atoms with Crippen LogP contribution in [0, 0.1) is 0 Å². The molecule has 134 valence electrons. The lowest BCUT2D eigenvalue weighted by molar-refractivity contribution is 0.0522. The van der Waals surface area contributed by atoms with Crippen molar-refractivity contribution in [2.24, 2.45) is 0 Å². The van der Waals surface area contributed by atoms with Crippen LogP contribution in [0.3, 0.4) is 0 Å². The quantitative estimate of drug-likeness (QED) is 0.749. The molecule has 0 atom stereocenters. The van der Waals surface area contributed by atoms with Crippen molar-refractivity contribution in [3.63, 3.8) is 0 Å². The lowest BCUT2D eigenvalue weighted by Crippen LogP contribution is -2.48. The normalized spacial score (nSPS) is 16.4. The van der Waals surface area contributed by atoms with Crippen molar-refractivity contribution in [2.45, 2.75) is 6.04 Å². The van der Waals surface area contributed by atoms with E-state index in [1.54, 1.807) is 0 Å². The van der Waals surface area contributed by atoms with E-state index in [0.717, 1.165) is 32.7 Å². The molecule has 1 heterocycles. The number of piperazine rings is 1. The molecule has 2 aromatic carbocycles. The summed E-state index contributed by atoms with van der Waals surface area (Å²) in [5.41, 5.74) is 2.71. The summed E-state index contributed by atoms with van der Waals surface area (Å²) < 4.78 is 5.39. The molecule has 1 aliphatic heterocycles. The summed E-state index contributed by atoms with van der Waals surface area (Å²) in [5.74, 6) is 0. The number of ether oxygens (including phenoxy) is 1. The predicted octanol–water partition coefficient (Wildman–Crippen LogP) is 2.40. The Kier molecular flexibility index (Phi) is 7.00. The number of hydrogen-bond donors (Lipinski definition) is 1. The fourth-order valence-electron chi connectivity index (χ4n) is 3.49. The van der Waals surface area contributed by atoms with Crippen LogP contribution in [0.4, 0.5) is 0 Å². The summed E-state index contributed by atoms with van der Waals surface area (Å²) in [7, 11) is 0. The summed E-state index contributed by atoms with van der Waals surface area (Å²) in [4.78, 5) is 5.02. The highest BCUT2D eigenvalue weighted by Gasteiger charge is 2.26. The van der Waals surface area contributed by atoms with E-state index in [0.29, 0.717) is 19.3 Å². The highest BCUT2D eigenvalue weighted by molar-refractivity contribution is 5.31. The topological polar surface area (TPSA) is 35.9 Å². The zero-order valence-corrected chi connectivity index (χ0v) is 14.8. The molecule has 1 aliphatic rings. The van der Waals surface area contributed by atoms with Gasteiger partial charge in [-0.1, -0.05) is 60.7 Å². The van der Waals surface area contributed by atoms with Gasteiger partial charge in [0.15, 0.2) is 0 Å². The van der Waals surface area contributed by atoms with Crippen molar-refractivity contribution in [1.29, 1.82) is 0 Å². The molecule has 1 N–H and O–H groups in total. The summed E-state index contributed by atoms with van der Waals surface area (Å²) >= 11 is 0. The fraction of sp³-hybridized carbons (Fsp3) is 0.429. The second-order valence-corrected chi connectivity index (χ2v) is 6.44. The van der Waals surface area contributed by atoms with Crippen molar-refractivity contribution in [1.82, 2.24) is 9.80 Å². The van der Waals surface area contributed by atoms with Gasteiger partial charge < -0.3 is 9.84 Å². The van der Waals surface area contributed by atoms with Gasteiger partial charge in [0.2, 0.25) is 0 Å². The number of aliphatic hydroxyl groups is 1. The molecule has 0 saturated carbocycles. The van der Waals surface area contributed by atoms with Crippen LogP contribution in [0.25, 0.3) is 0 Å². The summed E-state index contributed by atoms with van der Waals surface area (Å²) in [6.07, 6.45) is 0. The molecule has 1 fully saturated rings. The van der Waals surface area contributed by atoms with E-state index in [1.165, 1.54) is 11.1 Å². The Labute approximate surface area is 150 Å². The first kappa shape index (κ1) is 18.1. The molecule has 0 spiro atoms. The smallest absolute Gasteiger partial charge is 0.0698 e. The Morgan fingerprint density at radius 1 is 0.800 bits per heavy atom. The summed E-state index contributed by atoms with van der Waals surface area (Å²) in [5, 5.41) is 8.77. The van der Waals surface area contributed by atoms with Crippen LogP contribution >= 0.6 is 0 Å². The molecular formula is C21H28N2O2. The van der Waals surface area contributed by atoms with Crippen LogP contribution in [0.15, 0.2) is 60.7 Å². The zero-order valence-electron chi connectivity index (χ0n) is 14.8. The first-order valence-corrected chi connectivity index (χ1v) is 9.13. The monoisotopic (exact) mass is 340 g/mol. The second-order valence-electron chi connectivity index (χ2n) is 6.44. The van der Waals surface area contributed by atoms with Crippen LogP contribution in [-0.2, 0) is 4.74 Å². The van der Waals surface area contributed by atoms with Crippen LogP contribution in [0.1, 0.15) is 17.2 Å². The van der Waals surface area contributed by atoms with Crippen molar-refractivity contribution >= 4 is 0 Å². The first-order valence-electron chi connectivity index (χ1n) is 9.13. The van der Waals surface area contributed by atoms with Crippen LogP contribution in [-0.4, -0.2) is 67.5 Å². The minimum absolute atomic E-state index is 0.101. The standard InChI is InChI=1S/C21H28N2O2/c24-16-18-25-17-15-22-11-13-23(14-12-22)21(19-7-3-1-4-8-19)20-9-5-2-6-10-20/h1-10,21,24H,11-18H2. The molecule has 0 aliphatic carbocycles. The van der Waals surface area contributed by atoms with Crippen molar-refractivity contribution in [2.75, 3.05) is 52.5 Å². The Balaban J connectivity index is 1.63. The lowest BCUT2D eigenvalue weighted by atomic mass is 9.96. The zero-order chi connectivity index (χ0) is 17.3. The third kappa shape index (κ3) is 5.13. The number of rotatable bonds is 8.